The molecule has 4 aromatic rings. The van der Waals surface area contributed by atoms with Gasteiger partial charge < -0.3 is 19.9 Å². The van der Waals surface area contributed by atoms with Gasteiger partial charge in [0.05, 0.1) is 43.3 Å². The standard InChI is InChI=1S/C28H31N5O3/c1-18(2)17-33-26(28(35)36-4)25(32-24(34)13-20-10-6-5-7-11-20)23-14-22(16-30-27(23)33)29-15-21-12-8-9-19(3)31-21/h5-12,14,16,18,29H,13,15,17H2,1-4H3,(H,32,34). The van der Waals surface area contributed by atoms with E-state index in [1.807, 2.05) is 66.1 Å². The molecule has 8 heteroatoms. The number of carbonyl (C=O) groups is 2. The van der Waals surface area contributed by atoms with Gasteiger partial charge in [-0.15, -0.1) is 0 Å². The zero-order chi connectivity index (χ0) is 25.7. The van der Waals surface area contributed by atoms with Crippen molar-refractivity contribution in [2.24, 2.45) is 5.92 Å². The first-order valence-corrected chi connectivity index (χ1v) is 12.0. The molecule has 186 valence electrons. The second-order valence-electron chi connectivity index (χ2n) is 9.15. The van der Waals surface area contributed by atoms with Gasteiger partial charge in [0.15, 0.2) is 5.69 Å². The highest BCUT2D eigenvalue weighted by Crippen LogP contribution is 2.33. The highest BCUT2D eigenvalue weighted by Gasteiger charge is 2.26. The molecule has 0 saturated carbocycles. The van der Waals surface area contributed by atoms with Gasteiger partial charge in [-0.2, -0.15) is 0 Å². The van der Waals surface area contributed by atoms with E-state index in [0.29, 0.717) is 29.8 Å². The molecule has 1 aromatic carbocycles. The summed E-state index contributed by atoms with van der Waals surface area (Å²) in [4.78, 5) is 35.2. The van der Waals surface area contributed by atoms with E-state index < -0.39 is 5.97 Å². The summed E-state index contributed by atoms with van der Waals surface area (Å²) in [6.45, 7) is 7.13. The van der Waals surface area contributed by atoms with Gasteiger partial charge in [0.2, 0.25) is 5.91 Å². The van der Waals surface area contributed by atoms with Gasteiger partial charge in [0.1, 0.15) is 5.65 Å². The number of ether oxygens (including phenoxy) is 1. The van der Waals surface area contributed by atoms with Crippen LogP contribution in [0.2, 0.25) is 0 Å². The van der Waals surface area contributed by atoms with Crippen LogP contribution >= 0.6 is 0 Å². The minimum atomic E-state index is -0.526. The molecular formula is C28H31N5O3. The van der Waals surface area contributed by atoms with Crippen molar-refractivity contribution in [3.63, 3.8) is 0 Å². The summed E-state index contributed by atoms with van der Waals surface area (Å²) in [5.74, 6) is -0.511. The zero-order valence-corrected chi connectivity index (χ0v) is 21.0. The number of methoxy groups -OCH3 is 1. The Kier molecular flexibility index (Phi) is 7.63. The number of rotatable bonds is 9. The second-order valence-corrected chi connectivity index (χ2v) is 9.15. The molecule has 4 rings (SSSR count). The summed E-state index contributed by atoms with van der Waals surface area (Å²) in [5.41, 5.74) is 4.78. The number of aryl methyl sites for hydroxylation is 1. The molecule has 0 aliphatic rings. The number of esters is 1. The Hall–Kier alpha value is -4.20. The first-order chi connectivity index (χ1) is 17.4. The number of benzene rings is 1. The van der Waals surface area contributed by atoms with Crippen molar-refractivity contribution in [1.29, 1.82) is 0 Å². The summed E-state index contributed by atoms with van der Waals surface area (Å²) in [6, 6.07) is 17.3. The summed E-state index contributed by atoms with van der Waals surface area (Å²) in [7, 11) is 1.34. The molecular weight excluding hydrogens is 454 g/mol. The Morgan fingerprint density at radius 1 is 1.08 bits per heavy atom. The van der Waals surface area contributed by atoms with Gasteiger partial charge in [0.25, 0.3) is 0 Å². The van der Waals surface area contributed by atoms with Crippen LogP contribution < -0.4 is 10.6 Å². The molecule has 0 fully saturated rings. The number of hydrogen-bond acceptors (Lipinski definition) is 6. The lowest BCUT2D eigenvalue weighted by molar-refractivity contribution is -0.115. The third-order valence-electron chi connectivity index (χ3n) is 5.72. The normalized spacial score (nSPS) is 11.0. The third kappa shape index (κ3) is 5.71. The molecule has 2 N–H and O–H groups in total. The van der Waals surface area contributed by atoms with Gasteiger partial charge in [0, 0.05) is 17.6 Å². The number of pyridine rings is 2. The average Bonchev–Trinajstić information content (AvgIpc) is 3.14. The fourth-order valence-corrected chi connectivity index (χ4v) is 4.16. The van der Waals surface area contributed by atoms with Gasteiger partial charge >= 0.3 is 5.97 Å². The van der Waals surface area contributed by atoms with Crippen LogP contribution in [0, 0.1) is 12.8 Å². The van der Waals surface area contributed by atoms with Crippen LogP contribution in [0.1, 0.15) is 41.3 Å². The van der Waals surface area contributed by atoms with Crippen molar-refractivity contribution >= 4 is 34.3 Å². The van der Waals surface area contributed by atoms with Crippen molar-refractivity contribution < 1.29 is 14.3 Å². The van der Waals surface area contributed by atoms with Gasteiger partial charge in [-0.3, -0.25) is 9.78 Å². The van der Waals surface area contributed by atoms with E-state index in [4.69, 9.17) is 4.74 Å². The molecule has 0 atom stereocenters. The Morgan fingerprint density at radius 3 is 2.56 bits per heavy atom. The van der Waals surface area contributed by atoms with E-state index in [0.717, 1.165) is 22.6 Å². The number of nitrogens with zero attached hydrogens (tertiary/aromatic N) is 3. The van der Waals surface area contributed by atoms with Crippen molar-refractivity contribution in [3.05, 3.63) is 83.4 Å². The van der Waals surface area contributed by atoms with Crippen LogP contribution in [0.25, 0.3) is 11.0 Å². The lowest BCUT2D eigenvalue weighted by Crippen LogP contribution is -2.19. The Balaban J connectivity index is 1.74. The maximum Gasteiger partial charge on any atom is 0.356 e. The van der Waals surface area contributed by atoms with Crippen LogP contribution in [0.4, 0.5) is 11.4 Å². The number of amides is 1. The van der Waals surface area contributed by atoms with Gasteiger partial charge in [-0.25, -0.2) is 9.78 Å². The second kappa shape index (κ2) is 11.0. The van der Waals surface area contributed by atoms with Gasteiger partial charge in [-0.05, 0) is 36.6 Å². The number of fused-ring (bicyclic) bond motifs is 1. The molecule has 0 spiro atoms. The Labute approximate surface area is 210 Å². The number of nitrogens with one attached hydrogen (secondary N) is 2. The molecule has 0 aliphatic carbocycles. The SMILES string of the molecule is COC(=O)c1c(NC(=O)Cc2ccccc2)c2cc(NCc3cccc(C)n3)cnc2n1CC(C)C. The maximum absolute atomic E-state index is 13.0. The molecule has 0 saturated heterocycles. The molecule has 3 heterocycles. The van der Waals surface area contributed by atoms with Gasteiger partial charge in [-0.1, -0.05) is 50.2 Å². The summed E-state index contributed by atoms with van der Waals surface area (Å²) < 4.78 is 6.94. The summed E-state index contributed by atoms with van der Waals surface area (Å²) >= 11 is 0. The number of hydrogen-bond donors (Lipinski definition) is 2. The summed E-state index contributed by atoms with van der Waals surface area (Å²) in [5, 5.41) is 7.00. The number of aromatic nitrogens is 3. The van der Waals surface area contributed by atoms with E-state index in [9.17, 15) is 9.59 Å². The fraction of sp³-hybridized carbons (Fsp3) is 0.286. The quantitative estimate of drug-likeness (QED) is 0.325. The predicted molar refractivity (Wildman–Crippen MR) is 141 cm³/mol. The zero-order valence-electron chi connectivity index (χ0n) is 21.0. The molecule has 0 bridgehead atoms. The van der Waals surface area contributed by atoms with E-state index >= 15 is 0 Å². The average molecular weight is 486 g/mol. The molecule has 0 unspecified atom stereocenters. The van der Waals surface area contributed by atoms with Crippen molar-refractivity contribution in [3.8, 4) is 0 Å². The largest absolute Gasteiger partial charge is 0.464 e. The molecule has 3 aromatic heterocycles. The van der Waals surface area contributed by atoms with Crippen LogP contribution in [0.5, 0.6) is 0 Å². The molecule has 8 nitrogen and oxygen atoms in total. The van der Waals surface area contributed by atoms with Crippen LogP contribution in [-0.4, -0.2) is 33.5 Å². The fourth-order valence-electron chi connectivity index (χ4n) is 4.16. The predicted octanol–water partition coefficient (Wildman–Crippen LogP) is 4.98. The van der Waals surface area contributed by atoms with Crippen molar-refractivity contribution in [2.75, 3.05) is 17.7 Å². The number of anilines is 2. The molecule has 36 heavy (non-hydrogen) atoms. The van der Waals surface area contributed by atoms with E-state index in [2.05, 4.69) is 34.4 Å². The molecule has 1 amide bonds. The first-order valence-electron chi connectivity index (χ1n) is 12.0. The van der Waals surface area contributed by atoms with Crippen LogP contribution in [-0.2, 0) is 29.0 Å². The lowest BCUT2D eigenvalue weighted by Gasteiger charge is -2.12. The van der Waals surface area contributed by atoms with E-state index in [-0.39, 0.29) is 23.9 Å². The smallest absolute Gasteiger partial charge is 0.356 e. The summed E-state index contributed by atoms with van der Waals surface area (Å²) in [6.07, 6.45) is 1.91. The first kappa shape index (κ1) is 24.9. The minimum Gasteiger partial charge on any atom is -0.464 e. The van der Waals surface area contributed by atoms with Crippen molar-refractivity contribution in [2.45, 2.75) is 40.3 Å². The van der Waals surface area contributed by atoms with Crippen molar-refractivity contribution in [1.82, 2.24) is 14.5 Å². The molecule has 0 aliphatic heterocycles. The lowest BCUT2D eigenvalue weighted by atomic mass is 10.1. The van der Waals surface area contributed by atoms with E-state index in [1.54, 1.807) is 6.20 Å². The molecule has 0 radical (unpaired) electrons. The van der Waals surface area contributed by atoms with Crippen LogP contribution in [0.3, 0.4) is 0 Å². The Bertz CT molecular complexity index is 1380. The minimum absolute atomic E-state index is 0.183. The number of carbonyl (C=O) groups excluding carboxylic acids is 2. The van der Waals surface area contributed by atoms with E-state index in [1.165, 1.54) is 7.11 Å². The Morgan fingerprint density at radius 2 is 1.86 bits per heavy atom. The maximum atomic E-state index is 13.0. The highest BCUT2D eigenvalue weighted by molar-refractivity contribution is 6.11. The monoisotopic (exact) mass is 485 g/mol. The highest BCUT2D eigenvalue weighted by atomic mass is 16.5. The topological polar surface area (TPSA) is 98.1 Å². The third-order valence-corrected chi connectivity index (χ3v) is 5.72. The van der Waals surface area contributed by atoms with Crippen LogP contribution in [0.15, 0.2) is 60.8 Å².